The van der Waals surface area contributed by atoms with Crippen molar-refractivity contribution in [2.75, 3.05) is 19.5 Å². The molecule has 1 N–H and O–H groups in total. The maximum absolute atomic E-state index is 13.8. The minimum atomic E-state index is -0.679. The number of anilines is 1. The van der Waals surface area contributed by atoms with Crippen molar-refractivity contribution in [1.82, 2.24) is 9.55 Å². The van der Waals surface area contributed by atoms with E-state index >= 15 is 0 Å². The number of methoxy groups -OCH3 is 2. The fraction of sp³-hybridized carbons (Fsp3) is 0.250. The van der Waals surface area contributed by atoms with Gasteiger partial charge >= 0.3 is 0 Å². The van der Waals surface area contributed by atoms with Gasteiger partial charge in [0.15, 0.2) is 17.3 Å². The van der Waals surface area contributed by atoms with Gasteiger partial charge in [-0.25, -0.2) is 9.37 Å². The Morgan fingerprint density at radius 1 is 1.24 bits per heavy atom. The summed E-state index contributed by atoms with van der Waals surface area (Å²) in [5, 5.41) is 2.80. The van der Waals surface area contributed by atoms with E-state index in [2.05, 4.69) is 10.3 Å². The average molecular weight is 420 g/mol. The highest BCUT2D eigenvalue weighted by Gasteiger charge is 2.12. The number of benzene rings is 2. The molecule has 0 aliphatic rings. The molecule has 0 unspecified atom stereocenters. The molecular weight excluding hydrogens is 401 g/mol. The monoisotopic (exact) mass is 419 g/mol. The first-order chi connectivity index (χ1) is 13.9. The van der Waals surface area contributed by atoms with Crippen molar-refractivity contribution < 1.29 is 18.7 Å². The lowest BCUT2D eigenvalue weighted by atomic mass is 10.2. The second-order valence-corrected chi connectivity index (χ2v) is 6.63. The fourth-order valence-electron chi connectivity index (χ4n) is 2.87. The average Bonchev–Trinajstić information content (AvgIpc) is 2.72. The Morgan fingerprint density at radius 3 is 2.69 bits per heavy atom. The lowest BCUT2D eigenvalue weighted by Crippen LogP contribution is -2.22. The van der Waals surface area contributed by atoms with Crippen molar-refractivity contribution in [1.29, 1.82) is 0 Å². The first kappa shape index (κ1) is 20.6. The predicted molar refractivity (Wildman–Crippen MR) is 108 cm³/mol. The van der Waals surface area contributed by atoms with Gasteiger partial charge in [0.1, 0.15) is 0 Å². The van der Waals surface area contributed by atoms with Crippen LogP contribution in [0.25, 0.3) is 10.9 Å². The largest absolute Gasteiger partial charge is 0.493 e. The van der Waals surface area contributed by atoms with E-state index < -0.39 is 5.82 Å². The molecule has 3 aromatic rings. The summed E-state index contributed by atoms with van der Waals surface area (Å²) >= 11 is 5.70. The first-order valence-electron chi connectivity index (χ1n) is 8.79. The van der Waals surface area contributed by atoms with Gasteiger partial charge < -0.3 is 14.8 Å². The molecule has 0 bridgehead atoms. The van der Waals surface area contributed by atoms with Crippen LogP contribution in [0.5, 0.6) is 11.5 Å². The molecule has 2 aromatic carbocycles. The number of carbonyl (C=O) groups excluding carboxylic acids is 1. The molecule has 0 spiro atoms. The minimum absolute atomic E-state index is 0.0214. The summed E-state index contributed by atoms with van der Waals surface area (Å²) in [5.74, 6) is -0.143. The minimum Gasteiger partial charge on any atom is -0.493 e. The number of nitrogens with one attached hydrogen (secondary N) is 1. The van der Waals surface area contributed by atoms with Crippen LogP contribution in [0.2, 0.25) is 5.02 Å². The van der Waals surface area contributed by atoms with E-state index in [4.69, 9.17) is 21.1 Å². The molecule has 1 heterocycles. The number of halogens is 2. The number of nitrogens with zero attached hydrogens (tertiary/aromatic N) is 2. The molecule has 1 aromatic heterocycles. The molecule has 0 aliphatic heterocycles. The third-order valence-corrected chi connectivity index (χ3v) is 4.65. The Hall–Kier alpha value is -3.13. The van der Waals surface area contributed by atoms with Crippen molar-refractivity contribution in [2.24, 2.45) is 0 Å². The number of carbonyl (C=O) groups is 1. The summed E-state index contributed by atoms with van der Waals surface area (Å²) < 4.78 is 25.7. The molecule has 0 saturated carbocycles. The van der Waals surface area contributed by atoms with Crippen LogP contribution < -0.4 is 20.3 Å². The third kappa shape index (κ3) is 4.48. The van der Waals surface area contributed by atoms with E-state index in [-0.39, 0.29) is 35.1 Å². The number of hydrogen-bond donors (Lipinski definition) is 1. The van der Waals surface area contributed by atoms with Crippen LogP contribution in [0.1, 0.15) is 12.8 Å². The molecule has 152 valence electrons. The van der Waals surface area contributed by atoms with Crippen LogP contribution in [0.15, 0.2) is 41.5 Å². The van der Waals surface area contributed by atoms with Crippen molar-refractivity contribution in [3.63, 3.8) is 0 Å². The van der Waals surface area contributed by atoms with Crippen LogP contribution in [0, 0.1) is 5.82 Å². The van der Waals surface area contributed by atoms with Crippen LogP contribution in [-0.2, 0) is 11.3 Å². The maximum atomic E-state index is 13.8. The summed E-state index contributed by atoms with van der Waals surface area (Å²) in [6.45, 7) is 0.279. The second kappa shape index (κ2) is 8.91. The van der Waals surface area contributed by atoms with Crippen molar-refractivity contribution in [3.8, 4) is 11.5 Å². The molecule has 9 heteroatoms. The number of rotatable bonds is 7. The molecule has 7 nitrogen and oxygen atoms in total. The van der Waals surface area contributed by atoms with Gasteiger partial charge in [-0.15, -0.1) is 0 Å². The number of aromatic nitrogens is 2. The van der Waals surface area contributed by atoms with E-state index in [1.165, 1.54) is 37.2 Å². The Balaban J connectivity index is 1.69. The van der Waals surface area contributed by atoms with E-state index in [0.29, 0.717) is 28.8 Å². The van der Waals surface area contributed by atoms with Crippen molar-refractivity contribution in [2.45, 2.75) is 19.4 Å². The van der Waals surface area contributed by atoms with Crippen LogP contribution >= 0.6 is 11.6 Å². The van der Waals surface area contributed by atoms with Gasteiger partial charge in [0.25, 0.3) is 5.56 Å². The standard InChI is InChI=1S/C20H19ClFN3O4/c1-28-16-9-12-15(10-17(16)29-2)23-11-25(20(12)27)8-4-7-18(26)24-14-6-3-5-13(21)19(14)22/h3,5-6,9-11H,4,7-8H2,1-2H3,(H,24,26). The van der Waals surface area contributed by atoms with Gasteiger partial charge in [0.05, 0.1) is 42.2 Å². The van der Waals surface area contributed by atoms with Gasteiger partial charge in [-0.2, -0.15) is 0 Å². The van der Waals surface area contributed by atoms with E-state index in [9.17, 15) is 14.0 Å². The summed E-state index contributed by atoms with van der Waals surface area (Å²) in [7, 11) is 2.99. The molecule has 0 fully saturated rings. The van der Waals surface area contributed by atoms with Crippen molar-refractivity contribution in [3.05, 3.63) is 57.9 Å². The van der Waals surface area contributed by atoms with E-state index in [1.807, 2.05) is 0 Å². The summed E-state index contributed by atoms with van der Waals surface area (Å²) in [6.07, 6.45) is 1.89. The van der Waals surface area contributed by atoms with Gasteiger partial charge in [-0.1, -0.05) is 17.7 Å². The number of aryl methyl sites for hydroxylation is 1. The Bertz CT molecular complexity index is 1120. The molecule has 3 rings (SSSR count). The molecule has 0 saturated heterocycles. The molecule has 0 atom stereocenters. The summed E-state index contributed by atoms with van der Waals surface area (Å²) in [6, 6.07) is 7.58. The van der Waals surface area contributed by atoms with Gasteiger partial charge in [0.2, 0.25) is 5.91 Å². The van der Waals surface area contributed by atoms with Crippen LogP contribution in [-0.4, -0.2) is 29.7 Å². The Labute approximate surface area is 171 Å². The summed E-state index contributed by atoms with van der Waals surface area (Å²) in [4.78, 5) is 29.0. The lowest BCUT2D eigenvalue weighted by Gasteiger charge is -2.11. The lowest BCUT2D eigenvalue weighted by molar-refractivity contribution is -0.116. The second-order valence-electron chi connectivity index (χ2n) is 6.22. The highest BCUT2D eigenvalue weighted by atomic mass is 35.5. The molecule has 1 amide bonds. The van der Waals surface area contributed by atoms with Gasteiger partial charge in [-0.3, -0.25) is 14.2 Å². The van der Waals surface area contributed by atoms with Crippen molar-refractivity contribution >= 4 is 34.1 Å². The van der Waals surface area contributed by atoms with Crippen LogP contribution in [0.4, 0.5) is 10.1 Å². The normalized spacial score (nSPS) is 10.8. The Morgan fingerprint density at radius 2 is 1.97 bits per heavy atom. The van der Waals surface area contributed by atoms with Gasteiger partial charge in [-0.05, 0) is 24.6 Å². The smallest absolute Gasteiger partial charge is 0.261 e. The highest BCUT2D eigenvalue weighted by molar-refractivity contribution is 6.31. The van der Waals surface area contributed by atoms with E-state index in [1.54, 1.807) is 18.2 Å². The zero-order chi connectivity index (χ0) is 21.0. The molecule has 0 radical (unpaired) electrons. The van der Waals surface area contributed by atoms with E-state index in [0.717, 1.165) is 0 Å². The predicted octanol–water partition coefficient (Wildman–Crippen LogP) is 3.63. The molecule has 0 aliphatic carbocycles. The molecular formula is C20H19ClFN3O4. The number of fused-ring (bicyclic) bond motifs is 1. The third-order valence-electron chi connectivity index (χ3n) is 4.36. The number of amides is 1. The fourth-order valence-corrected chi connectivity index (χ4v) is 3.04. The summed E-state index contributed by atoms with van der Waals surface area (Å²) in [5.41, 5.74) is 0.253. The van der Waals surface area contributed by atoms with Gasteiger partial charge in [0, 0.05) is 19.0 Å². The zero-order valence-corrected chi connectivity index (χ0v) is 16.6. The topological polar surface area (TPSA) is 82.5 Å². The first-order valence-corrected chi connectivity index (χ1v) is 9.17. The molecule has 29 heavy (non-hydrogen) atoms. The SMILES string of the molecule is COc1cc2ncn(CCCC(=O)Nc3cccc(Cl)c3F)c(=O)c2cc1OC. The quantitative estimate of drug-likeness (QED) is 0.632. The Kier molecular flexibility index (Phi) is 6.33. The number of ether oxygens (including phenoxy) is 2. The van der Waals surface area contributed by atoms with Crippen LogP contribution in [0.3, 0.4) is 0 Å². The zero-order valence-electron chi connectivity index (χ0n) is 15.9. The number of hydrogen-bond acceptors (Lipinski definition) is 5. The maximum Gasteiger partial charge on any atom is 0.261 e. The highest BCUT2D eigenvalue weighted by Crippen LogP contribution is 2.29.